The van der Waals surface area contributed by atoms with Crippen LogP contribution >= 0.6 is 15.9 Å². The summed E-state index contributed by atoms with van der Waals surface area (Å²) in [5.41, 5.74) is -7.95. The summed E-state index contributed by atoms with van der Waals surface area (Å²) in [6.45, 7) is 1.20. The third-order valence-electron chi connectivity index (χ3n) is 3.08. The standard InChI is InChI=1S/C14H7BrF7O/c1-7-5-8(12(16,13(17,18)19)14(20,21)22)11(9(15)6-7)10-3-2-4-23-10/h2-5H,1H3. The second kappa shape index (κ2) is 5.54. The molecule has 9 heteroatoms. The third kappa shape index (κ3) is 2.86. The van der Waals surface area contributed by atoms with E-state index in [-0.39, 0.29) is 15.8 Å². The van der Waals surface area contributed by atoms with Crippen LogP contribution in [0.4, 0.5) is 30.7 Å². The van der Waals surface area contributed by atoms with E-state index in [0.29, 0.717) is 6.07 Å². The van der Waals surface area contributed by atoms with Crippen molar-refractivity contribution < 1.29 is 35.2 Å². The fourth-order valence-corrected chi connectivity index (χ4v) is 2.80. The van der Waals surface area contributed by atoms with E-state index in [1.165, 1.54) is 13.0 Å². The summed E-state index contributed by atoms with van der Waals surface area (Å²) < 4.78 is 97.1. The van der Waals surface area contributed by atoms with E-state index in [2.05, 4.69) is 22.0 Å². The Balaban J connectivity index is 2.90. The number of furan rings is 1. The van der Waals surface area contributed by atoms with E-state index >= 15 is 0 Å². The molecule has 0 saturated carbocycles. The third-order valence-corrected chi connectivity index (χ3v) is 3.67. The van der Waals surface area contributed by atoms with Crippen LogP contribution in [0.1, 0.15) is 11.1 Å². The SMILES string of the molecule is Cc1[c]c(Br)c(-c2ccco2)c(C(F)(C(F)(F)F)C(F)(F)F)c1. The van der Waals surface area contributed by atoms with Gasteiger partial charge in [0.05, 0.1) is 6.26 Å². The van der Waals surface area contributed by atoms with Crippen LogP contribution in [0.15, 0.2) is 33.4 Å². The van der Waals surface area contributed by atoms with E-state index < -0.39 is 29.1 Å². The van der Waals surface area contributed by atoms with Crippen molar-refractivity contribution in [2.75, 3.05) is 0 Å². The normalized spacial score (nSPS) is 13.4. The summed E-state index contributed by atoms with van der Waals surface area (Å²) in [6.07, 6.45) is -11.4. The van der Waals surface area contributed by atoms with Gasteiger partial charge in [0, 0.05) is 21.7 Å². The van der Waals surface area contributed by atoms with Crippen LogP contribution in [0.2, 0.25) is 0 Å². The second-order valence-corrected chi connectivity index (χ2v) is 5.48. The largest absolute Gasteiger partial charge is 0.464 e. The molecule has 0 amide bonds. The first-order valence-corrected chi connectivity index (χ1v) is 6.78. The maximum atomic E-state index is 14.4. The highest BCUT2D eigenvalue weighted by molar-refractivity contribution is 9.10. The summed E-state index contributed by atoms with van der Waals surface area (Å²) in [6, 6.07) is 5.34. The molecule has 0 fully saturated rings. The van der Waals surface area contributed by atoms with Crippen LogP contribution in [0.3, 0.4) is 0 Å². The summed E-state index contributed by atoms with van der Waals surface area (Å²) in [7, 11) is 0. The molecule has 0 spiro atoms. The molecule has 0 bridgehead atoms. The monoisotopic (exact) mass is 403 g/mol. The van der Waals surface area contributed by atoms with E-state index in [0.717, 1.165) is 12.3 Å². The lowest BCUT2D eigenvalue weighted by Crippen LogP contribution is -2.50. The zero-order chi connectivity index (χ0) is 17.6. The second-order valence-electron chi connectivity index (χ2n) is 4.69. The molecule has 0 aliphatic heterocycles. The quantitative estimate of drug-likeness (QED) is 0.551. The van der Waals surface area contributed by atoms with Crippen LogP contribution in [0.5, 0.6) is 0 Å². The Labute approximate surface area is 134 Å². The van der Waals surface area contributed by atoms with Gasteiger partial charge >= 0.3 is 18.0 Å². The minimum atomic E-state index is -6.21. The molecule has 1 aromatic heterocycles. The Hall–Kier alpha value is -1.51. The summed E-state index contributed by atoms with van der Waals surface area (Å²) >= 11 is 2.83. The average molecular weight is 404 g/mol. The first-order valence-electron chi connectivity index (χ1n) is 5.98. The predicted molar refractivity (Wildman–Crippen MR) is 70.3 cm³/mol. The Bertz CT molecular complexity index is 687. The molecule has 1 heterocycles. The van der Waals surface area contributed by atoms with Crippen LogP contribution in [-0.2, 0) is 5.67 Å². The van der Waals surface area contributed by atoms with Crippen molar-refractivity contribution in [1.82, 2.24) is 0 Å². The molecule has 1 nitrogen and oxygen atoms in total. The lowest BCUT2D eigenvalue weighted by Gasteiger charge is -2.32. The topological polar surface area (TPSA) is 13.1 Å². The minimum Gasteiger partial charge on any atom is -0.464 e. The first kappa shape index (κ1) is 17.8. The molecular formula is C14H7BrF7O. The number of halogens is 8. The lowest BCUT2D eigenvalue weighted by atomic mass is 9.87. The molecule has 23 heavy (non-hydrogen) atoms. The maximum absolute atomic E-state index is 14.4. The molecule has 0 unspecified atom stereocenters. The van der Waals surface area contributed by atoms with Crippen molar-refractivity contribution in [2.24, 2.45) is 0 Å². The van der Waals surface area contributed by atoms with Gasteiger partial charge in [0.15, 0.2) is 0 Å². The number of rotatable bonds is 2. The van der Waals surface area contributed by atoms with Gasteiger partial charge in [-0.1, -0.05) is 6.07 Å². The maximum Gasteiger partial charge on any atom is 0.435 e. The molecule has 0 saturated heterocycles. The average Bonchev–Trinajstić information content (AvgIpc) is 2.87. The van der Waals surface area contributed by atoms with Gasteiger partial charge < -0.3 is 4.42 Å². The van der Waals surface area contributed by atoms with Crippen LogP contribution in [0.25, 0.3) is 11.3 Å². The van der Waals surface area contributed by atoms with E-state index in [4.69, 9.17) is 4.42 Å². The van der Waals surface area contributed by atoms with E-state index in [9.17, 15) is 30.7 Å². The van der Waals surface area contributed by atoms with E-state index in [1.807, 2.05) is 0 Å². The molecule has 0 aliphatic carbocycles. The van der Waals surface area contributed by atoms with Crippen LogP contribution in [0, 0.1) is 13.0 Å². The molecule has 2 aromatic rings. The lowest BCUT2D eigenvalue weighted by molar-refractivity contribution is -0.348. The fourth-order valence-electron chi connectivity index (χ4n) is 2.08. The van der Waals surface area contributed by atoms with Crippen molar-refractivity contribution in [3.63, 3.8) is 0 Å². The van der Waals surface area contributed by atoms with Crippen LogP contribution in [-0.4, -0.2) is 12.4 Å². The summed E-state index contributed by atoms with van der Waals surface area (Å²) in [5.74, 6) is -0.348. The zero-order valence-electron chi connectivity index (χ0n) is 11.2. The number of benzene rings is 1. The Kier molecular flexibility index (Phi) is 4.29. The molecule has 1 aromatic carbocycles. The van der Waals surface area contributed by atoms with Gasteiger partial charge in [-0.05, 0) is 40.5 Å². The van der Waals surface area contributed by atoms with Crippen molar-refractivity contribution in [3.05, 3.63) is 46.1 Å². The van der Waals surface area contributed by atoms with Crippen molar-refractivity contribution in [3.8, 4) is 11.3 Å². The number of alkyl halides is 7. The first-order chi connectivity index (χ1) is 10.4. The minimum absolute atomic E-state index is 0.0993. The van der Waals surface area contributed by atoms with Crippen molar-refractivity contribution >= 4 is 15.9 Å². The zero-order valence-corrected chi connectivity index (χ0v) is 12.8. The van der Waals surface area contributed by atoms with Gasteiger partial charge in [-0.15, -0.1) is 0 Å². The Morgan fingerprint density at radius 2 is 1.61 bits per heavy atom. The fraction of sp³-hybridized carbons (Fsp3) is 0.286. The highest BCUT2D eigenvalue weighted by Gasteiger charge is 2.74. The van der Waals surface area contributed by atoms with Gasteiger partial charge in [0.1, 0.15) is 5.76 Å². The predicted octanol–water partition coefficient (Wildman–Crippen LogP) is 6.11. The van der Waals surface area contributed by atoms with Gasteiger partial charge in [-0.2, -0.15) is 26.3 Å². The summed E-state index contributed by atoms with van der Waals surface area (Å²) in [4.78, 5) is 0. The Morgan fingerprint density at radius 3 is 2.04 bits per heavy atom. The molecule has 0 aliphatic rings. The van der Waals surface area contributed by atoms with Crippen LogP contribution < -0.4 is 0 Å². The molecule has 0 N–H and O–H groups in total. The Morgan fingerprint density at radius 1 is 1.04 bits per heavy atom. The van der Waals surface area contributed by atoms with Gasteiger partial charge in [-0.3, -0.25) is 0 Å². The molecule has 2 rings (SSSR count). The highest BCUT2D eigenvalue weighted by atomic mass is 79.9. The number of hydrogen-bond acceptors (Lipinski definition) is 1. The molecular weight excluding hydrogens is 397 g/mol. The number of hydrogen-bond donors (Lipinski definition) is 0. The smallest absolute Gasteiger partial charge is 0.435 e. The van der Waals surface area contributed by atoms with Crippen molar-refractivity contribution in [1.29, 1.82) is 0 Å². The molecule has 125 valence electrons. The van der Waals surface area contributed by atoms with Crippen molar-refractivity contribution in [2.45, 2.75) is 24.9 Å². The number of aryl methyl sites for hydroxylation is 1. The highest BCUT2D eigenvalue weighted by Crippen LogP contribution is 2.56. The molecule has 0 atom stereocenters. The van der Waals surface area contributed by atoms with Gasteiger partial charge in [0.2, 0.25) is 0 Å². The van der Waals surface area contributed by atoms with Gasteiger partial charge in [0.25, 0.3) is 0 Å². The summed E-state index contributed by atoms with van der Waals surface area (Å²) in [5, 5.41) is 0. The van der Waals surface area contributed by atoms with Gasteiger partial charge in [-0.25, -0.2) is 4.39 Å². The molecule has 1 radical (unpaired) electrons. The van der Waals surface area contributed by atoms with E-state index in [1.54, 1.807) is 0 Å².